The summed E-state index contributed by atoms with van der Waals surface area (Å²) in [6.45, 7) is 4.85. The predicted octanol–water partition coefficient (Wildman–Crippen LogP) is -0.0443. The molecule has 0 aromatic carbocycles. The summed E-state index contributed by atoms with van der Waals surface area (Å²) in [5.74, 6) is -0.162. The molecule has 0 aliphatic heterocycles. The van der Waals surface area contributed by atoms with Crippen LogP contribution in [0, 0.1) is 0 Å². The maximum Gasteiger partial charge on any atom is 0.243 e. The van der Waals surface area contributed by atoms with E-state index in [-0.39, 0.29) is 23.9 Å². The van der Waals surface area contributed by atoms with E-state index in [2.05, 4.69) is 17.2 Å². The Kier molecular flexibility index (Phi) is 3.06. The second-order valence-corrected chi connectivity index (χ2v) is 3.28. The lowest BCUT2D eigenvalue weighted by molar-refractivity contribution is -0.120. The highest BCUT2D eigenvalue weighted by Crippen LogP contribution is 2.19. The van der Waals surface area contributed by atoms with Crippen LogP contribution in [0.1, 0.15) is 19.8 Å². The van der Waals surface area contributed by atoms with Crippen molar-refractivity contribution in [2.45, 2.75) is 31.8 Å². The van der Waals surface area contributed by atoms with E-state index in [1.165, 1.54) is 13.0 Å². The molecule has 0 saturated heterocycles. The normalized spacial score (nSPS) is 25.6. The summed E-state index contributed by atoms with van der Waals surface area (Å²) in [5.41, 5.74) is 0. The highest BCUT2D eigenvalue weighted by atomic mass is 16.2. The molecule has 0 radical (unpaired) electrons. The third-order valence-corrected chi connectivity index (χ3v) is 2.08. The topological polar surface area (TPSA) is 58.2 Å². The van der Waals surface area contributed by atoms with Gasteiger partial charge in [-0.3, -0.25) is 9.59 Å². The molecule has 2 N–H and O–H groups in total. The molecule has 0 bridgehead atoms. The molecule has 2 amide bonds. The Morgan fingerprint density at radius 2 is 1.85 bits per heavy atom. The highest BCUT2D eigenvalue weighted by molar-refractivity contribution is 5.87. The van der Waals surface area contributed by atoms with Gasteiger partial charge >= 0.3 is 0 Å². The van der Waals surface area contributed by atoms with Gasteiger partial charge in [0.2, 0.25) is 11.8 Å². The Hall–Kier alpha value is -1.32. The number of amides is 2. The fourth-order valence-electron chi connectivity index (χ4n) is 1.40. The van der Waals surface area contributed by atoms with Gasteiger partial charge in [-0.25, -0.2) is 0 Å². The van der Waals surface area contributed by atoms with Crippen molar-refractivity contribution in [3.8, 4) is 0 Å². The number of hydrogen-bond donors (Lipinski definition) is 2. The molecular formula is C9H14N2O2. The lowest BCUT2D eigenvalue weighted by atomic mass is 9.86. The lowest BCUT2D eigenvalue weighted by Gasteiger charge is -2.35. The highest BCUT2D eigenvalue weighted by Gasteiger charge is 2.29. The van der Waals surface area contributed by atoms with Gasteiger partial charge in [0.1, 0.15) is 0 Å². The first-order chi connectivity index (χ1) is 6.11. The van der Waals surface area contributed by atoms with E-state index in [0.29, 0.717) is 0 Å². The summed E-state index contributed by atoms with van der Waals surface area (Å²) in [7, 11) is 0. The molecule has 13 heavy (non-hydrogen) atoms. The fraction of sp³-hybridized carbons (Fsp3) is 0.556. The minimum atomic E-state index is -0.147. The maximum absolute atomic E-state index is 10.8. The van der Waals surface area contributed by atoms with E-state index in [9.17, 15) is 9.59 Å². The fourth-order valence-corrected chi connectivity index (χ4v) is 1.40. The van der Waals surface area contributed by atoms with Crippen molar-refractivity contribution >= 4 is 11.8 Å². The first-order valence-corrected chi connectivity index (χ1v) is 4.32. The molecule has 1 fully saturated rings. The minimum Gasteiger partial charge on any atom is -0.353 e. The zero-order valence-electron chi connectivity index (χ0n) is 7.67. The van der Waals surface area contributed by atoms with Gasteiger partial charge in [0.05, 0.1) is 0 Å². The Bertz CT molecular complexity index is 232. The summed E-state index contributed by atoms with van der Waals surface area (Å²) in [6, 6.07) is 0.426. The molecule has 4 nitrogen and oxygen atoms in total. The van der Waals surface area contributed by atoms with E-state index < -0.39 is 0 Å². The molecule has 0 heterocycles. The standard InChI is InChI=1S/C9H14N2O2/c1-3-9(13)11-8-4-7(5-8)10-6(2)12/h3,7-8H,1,4-5H2,2H3,(H,10,12)(H,11,13). The van der Waals surface area contributed by atoms with Crippen molar-refractivity contribution in [3.05, 3.63) is 12.7 Å². The molecule has 1 aliphatic rings. The Morgan fingerprint density at radius 3 is 2.31 bits per heavy atom. The van der Waals surface area contributed by atoms with Gasteiger partial charge < -0.3 is 10.6 Å². The van der Waals surface area contributed by atoms with Gasteiger partial charge in [-0.05, 0) is 18.9 Å². The Balaban J connectivity index is 2.15. The molecule has 1 saturated carbocycles. The molecule has 1 rings (SSSR count). The second-order valence-electron chi connectivity index (χ2n) is 3.28. The van der Waals surface area contributed by atoms with Crippen molar-refractivity contribution < 1.29 is 9.59 Å². The smallest absolute Gasteiger partial charge is 0.243 e. The van der Waals surface area contributed by atoms with E-state index in [1.54, 1.807) is 0 Å². The zero-order chi connectivity index (χ0) is 9.84. The van der Waals surface area contributed by atoms with Crippen LogP contribution in [-0.4, -0.2) is 23.9 Å². The molecule has 0 spiro atoms. The molecule has 72 valence electrons. The predicted molar refractivity (Wildman–Crippen MR) is 49.0 cm³/mol. The number of carbonyl (C=O) groups is 2. The first-order valence-electron chi connectivity index (χ1n) is 4.32. The van der Waals surface area contributed by atoms with Crippen LogP contribution in [0.5, 0.6) is 0 Å². The first kappa shape index (κ1) is 9.77. The van der Waals surface area contributed by atoms with Gasteiger partial charge in [-0.1, -0.05) is 6.58 Å². The molecular weight excluding hydrogens is 168 g/mol. The lowest BCUT2D eigenvalue weighted by Crippen LogP contribution is -2.53. The monoisotopic (exact) mass is 182 g/mol. The zero-order valence-corrected chi connectivity index (χ0v) is 7.67. The van der Waals surface area contributed by atoms with Crippen molar-refractivity contribution in [1.29, 1.82) is 0 Å². The average Bonchev–Trinajstić information content (AvgIpc) is 1.99. The SMILES string of the molecule is C=CC(=O)NC1CC(NC(C)=O)C1. The number of nitrogens with one attached hydrogen (secondary N) is 2. The second kappa shape index (κ2) is 4.07. The van der Waals surface area contributed by atoms with Crippen LogP contribution in [-0.2, 0) is 9.59 Å². The van der Waals surface area contributed by atoms with E-state index in [0.717, 1.165) is 12.8 Å². The van der Waals surface area contributed by atoms with Crippen molar-refractivity contribution in [1.82, 2.24) is 10.6 Å². The van der Waals surface area contributed by atoms with Gasteiger partial charge in [0.15, 0.2) is 0 Å². The largest absolute Gasteiger partial charge is 0.353 e. The number of carbonyl (C=O) groups excluding carboxylic acids is 2. The molecule has 0 aromatic heterocycles. The minimum absolute atomic E-state index is 0.0153. The van der Waals surface area contributed by atoms with Crippen LogP contribution in [0.15, 0.2) is 12.7 Å². The van der Waals surface area contributed by atoms with Gasteiger partial charge in [0.25, 0.3) is 0 Å². The Morgan fingerprint density at radius 1 is 1.31 bits per heavy atom. The van der Waals surface area contributed by atoms with Crippen molar-refractivity contribution in [3.63, 3.8) is 0 Å². The van der Waals surface area contributed by atoms with Crippen LogP contribution in [0.25, 0.3) is 0 Å². The van der Waals surface area contributed by atoms with Gasteiger partial charge in [0, 0.05) is 19.0 Å². The Labute approximate surface area is 77.4 Å². The summed E-state index contributed by atoms with van der Waals surface area (Å²) in [4.78, 5) is 21.4. The van der Waals surface area contributed by atoms with Crippen molar-refractivity contribution in [2.24, 2.45) is 0 Å². The summed E-state index contributed by atoms with van der Waals surface area (Å²) < 4.78 is 0. The number of rotatable bonds is 3. The third kappa shape index (κ3) is 2.89. The van der Waals surface area contributed by atoms with E-state index in [4.69, 9.17) is 0 Å². The van der Waals surface area contributed by atoms with Crippen molar-refractivity contribution in [2.75, 3.05) is 0 Å². The molecule has 0 unspecified atom stereocenters. The van der Waals surface area contributed by atoms with Crippen LogP contribution < -0.4 is 10.6 Å². The summed E-state index contributed by atoms with van der Waals surface area (Å²) in [6.07, 6.45) is 2.89. The van der Waals surface area contributed by atoms with Crippen LogP contribution in [0.3, 0.4) is 0 Å². The van der Waals surface area contributed by atoms with Gasteiger partial charge in [-0.2, -0.15) is 0 Å². The number of hydrogen-bond acceptors (Lipinski definition) is 2. The molecule has 0 atom stereocenters. The van der Waals surface area contributed by atoms with Crippen LogP contribution >= 0.6 is 0 Å². The van der Waals surface area contributed by atoms with E-state index >= 15 is 0 Å². The van der Waals surface area contributed by atoms with Crippen LogP contribution in [0.2, 0.25) is 0 Å². The van der Waals surface area contributed by atoms with Gasteiger partial charge in [-0.15, -0.1) is 0 Å². The summed E-state index contributed by atoms with van der Waals surface area (Å²) in [5, 5.41) is 5.55. The maximum atomic E-state index is 10.8. The quantitative estimate of drug-likeness (QED) is 0.601. The molecule has 1 aliphatic carbocycles. The molecule has 4 heteroatoms. The summed E-state index contributed by atoms with van der Waals surface area (Å²) >= 11 is 0. The molecule has 0 aromatic rings. The van der Waals surface area contributed by atoms with Crippen LogP contribution in [0.4, 0.5) is 0 Å². The third-order valence-electron chi connectivity index (χ3n) is 2.08. The average molecular weight is 182 g/mol. The van der Waals surface area contributed by atoms with E-state index in [1.807, 2.05) is 0 Å².